The maximum atomic E-state index is 11.8. The summed E-state index contributed by atoms with van der Waals surface area (Å²) in [4.78, 5) is 17.7. The average Bonchev–Trinajstić information content (AvgIpc) is 2.47. The molecule has 0 saturated heterocycles. The molecule has 1 aromatic heterocycles. The molecule has 0 aliphatic carbocycles. The summed E-state index contributed by atoms with van der Waals surface area (Å²) in [5, 5.41) is 0. The second-order valence-corrected chi connectivity index (χ2v) is 3.48. The van der Waals surface area contributed by atoms with E-state index >= 15 is 0 Å². The molecule has 0 unspecified atom stereocenters. The van der Waals surface area contributed by atoms with Crippen LogP contribution < -0.4 is 0 Å². The van der Waals surface area contributed by atoms with Crippen LogP contribution >= 0.6 is 0 Å². The molecule has 0 N–H and O–H groups in total. The van der Waals surface area contributed by atoms with Crippen LogP contribution in [-0.4, -0.2) is 28.9 Å². The molecule has 1 rings (SSSR count). The molecule has 0 atom stereocenters. The largest absolute Gasteiger partial charge is 0.445 e. The molecule has 1 amide bonds. The normalized spacial score (nSPS) is 10.4. The molecule has 0 fully saturated rings. The highest BCUT2D eigenvalue weighted by Gasteiger charge is 2.15. The summed E-state index contributed by atoms with van der Waals surface area (Å²) in [5.41, 5.74) is 0.813. The highest BCUT2D eigenvalue weighted by Crippen LogP contribution is 2.11. The number of carbonyl (C=O) groups is 1. The van der Waals surface area contributed by atoms with Crippen LogP contribution in [0.15, 0.2) is 4.42 Å². The van der Waals surface area contributed by atoms with Gasteiger partial charge in [0.05, 0.1) is 12.1 Å². The maximum Gasteiger partial charge on any atom is 0.230 e. The van der Waals surface area contributed by atoms with Gasteiger partial charge in [0, 0.05) is 20.0 Å². The molecule has 0 bridgehead atoms. The van der Waals surface area contributed by atoms with Crippen LogP contribution in [0.4, 0.5) is 0 Å². The van der Waals surface area contributed by atoms with Gasteiger partial charge in [-0.05, 0) is 20.8 Å². The van der Waals surface area contributed by atoms with Crippen LogP contribution in [0.2, 0.25) is 0 Å². The van der Waals surface area contributed by atoms with Gasteiger partial charge in [0.1, 0.15) is 5.76 Å². The molecule has 0 saturated carbocycles. The van der Waals surface area contributed by atoms with E-state index < -0.39 is 0 Å². The molecule has 0 aromatic carbocycles. The molecule has 0 aliphatic rings. The molecule has 1 heterocycles. The first-order valence-electron chi connectivity index (χ1n) is 5.29. The van der Waals surface area contributed by atoms with Crippen molar-refractivity contribution < 1.29 is 9.21 Å². The van der Waals surface area contributed by atoms with Crippen LogP contribution in [0.25, 0.3) is 0 Å². The molecule has 0 spiro atoms. The molecule has 15 heavy (non-hydrogen) atoms. The zero-order valence-electron chi connectivity index (χ0n) is 9.83. The van der Waals surface area contributed by atoms with Gasteiger partial charge < -0.3 is 9.32 Å². The van der Waals surface area contributed by atoms with Crippen molar-refractivity contribution in [1.82, 2.24) is 9.88 Å². The molecule has 4 nitrogen and oxygen atoms in total. The number of aromatic nitrogens is 1. The van der Waals surface area contributed by atoms with Gasteiger partial charge in [0.2, 0.25) is 5.91 Å². The van der Waals surface area contributed by atoms with Crippen molar-refractivity contribution in [2.45, 2.75) is 34.1 Å². The summed E-state index contributed by atoms with van der Waals surface area (Å²) in [6.07, 6.45) is 0.314. The SMILES string of the molecule is CCN(CC)C(=O)Cc1oc(C)nc1C. The second kappa shape index (κ2) is 4.96. The molecular weight excluding hydrogens is 192 g/mol. The lowest BCUT2D eigenvalue weighted by Gasteiger charge is -2.17. The lowest BCUT2D eigenvalue weighted by Crippen LogP contribution is -2.31. The van der Waals surface area contributed by atoms with E-state index in [1.807, 2.05) is 20.8 Å². The Balaban J connectivity index is 2.69. The minimum absolute atomic E-state index is 0.0965. The second-order valence-electron chi connectivity index (χ2n) is 3.48. The lowest BCUT2D eigenvalue weighted by molar-refractivity contribution is -0.130. The Bertz CT molecular complexity index is 340. The first-order chi connectivity index (χ1) is 7.08. The standard InChI is InChI=1S/C11H18N2O2/c1-5-13(6-2)11(14)7-10-8(3)12-9(4)15-10/h5-7H2,1-4H3. The third kappa shape index (κ3) is 2.81. The highest BCUT2D eigenvalue weighted by molar-refractivity contribution is 5.78. The van der Waals surface area contributed by atoms with E-state index in [-0.39, 0.29) is 5.91 Å². The number of amides is 1. The highest BCUT2D eigenvalue weighted by atomic mass is 16.4. The minimum Gasteiger partial charge on any atom is -0.445 e. The van der Waals surface area contributed by atoms with E-state index in [1.165, 1.54) is 0 Å². The van der Waals surface area contributed by atoms with Gasteiger partial charge in [0.25, 0.3) is 0 Å². The first kappa shape index (κ1) is 11.8. The van der Waals surface area contributed by atoms with Crippen LogP contribution in [0.1, 0.15) is 31.2 Å². The topological polar surface area (TPSA) is 46.3 Å². The molecule has 84 valence electrons. The molecule has 0 aliphatic heterocycles. The van der Waals surface area contributed by atoms with Gasteiger partial charge in [-0.3, -0.25) is 4.79 Å². The summed E-state index contributed by atoms with van der Waals surface area (Å²) < 4.78 is 5.37. The third-order valence-corrected chi connectivity index (χ3v) is 2.43. The summed E-state index contributed by atoms with van der Waals surface area (Å²) >= 11 is 0. The Morgan fingerprint density at radius 3 is 2.33 bits per heavy atom. The van der Waals surface area contributed by atoms with Crippen molar-refractivity contribution >= 4 is 5.91 Å². The molecular formula is C11H18N2O2. The maximum absolute atomic E-state index is 11.8. The average molecular weight is 210 g/mol. The summed E-state index contributed by atoms with van der Waals surface area (Å²) in [6.45, 7) is 9.07. The van der Waals surface area contributed by atoms with Crippen molar-refractivity contribution in [3.8, 4) is 0 Å². The summed E-state index contributed by atoms with van der Waals surface area (Å²) in [5.74, 6) is 1.40. The molecule has 0 radical (unpaired) electrons. The van der Waals surface area contributed by atoms with E-state index in [0.29, 0.717) is 18.1 Å². The van der Waals surface area contributed by atoms with E-state index in [0.717, 1.165) is 18.8 Å². The van der Waals surface area contributed by atoms with Crippen molar-refractivity contribution in [2.75, 3.05) is 13.1 Å². The fourth-order valence-electron chi connectivity index (χ4n) is 1.56. The first-order valence-corrected chi connectivity index (χ1v) is 5.29. The number of aryl methyl sites for hydroxylation is 2. The fourth-order valence-corrected chi connectivity index (χ4v) is 1.56. The van der Waals surface area contributed by atoms with Gasteiger partial charge in [-0.15, -0.1) is 0 Å². The smallest absolute Gasteiger partial charge is 0.230 e. The number of likely N-dealkylation sites (N-methyl/N-ethyl adjacent to an activating group) is 1. The number of nitrogens with zero attached hydrogens (tertiary/aromatic N) is 2. The van der Waals surface area contributed by atoms with Crippen molar-refractivity contribution in [3.05, 3.63) is 17.3 Å². The fraction of sp³-hybridized carbons (Fsp3) is 0.636. The quantitative estimate of drug-likeness (QED) is 0.760. The van der Waals surface area contributed by atoms with Gasteiger partial charge in [-0.25, -0.2) is 4.98 Å². The van der Waals surface area contributed by atoms with E-state index in [4.69, 9.17) is 4.42 Å². The Kier molecular flexibility index (Phi) is 3.88. The molecule has 1 aromatic rings. The van der Waals surface area contributed by atoms with Crippen LogP contribution in [0.5, 0.6) is 0 Å². The Morgan fingerprint density at radius 2 is 1.93 bits per heavy atom. The predicted octanol–water partition coefficient (Wildman–Crippen LogP) is 1.70. The Hall–Kier alpha value is -1.32. The van der Waals surface area contributed by atoms with Crippen molar-refractivity contribution in [3.63, 3.8) is 0 Å². The van der Waals surface area contributed by atoms with E-state index in [1.54, 1.807) is 11.8 Å². The van der Waals surface area contributed by atoms with Crippen LogP contribution in [0.3, 0.4) is 0 Å². The van der Waals surface area contributed by atoms with E-state index in [2.05, 4.69) is 4.98 Å². The number of oxazole rings is 1. The lowest BCUT2D eigenvalue weighted by atomic mass is 10.2. The van der Waals surface area contributed by atoms with E-state index in [9.17, 15) is 4.79 Å². The van der Waals surface area contributed by atoms with Gasteiger partial charge in [-0.2, -0.15) is 0 Å². The minimum atomic E-state index is 0.0965. The zero-order chi connectivity index (χ0) is 11.4. The monoisotopic (exact) mass is 210 g/mol. The number of hydrogen-bond acceptors (Lipinski definition) is 3. The van der Waals surface area contributed by atoms with Gasteiger partial charge in [-0.1, -0.05) is 0 Å². The zero-order valence-corrected chi connectivity index (χ0v) is 9.83. The third-order valence-electron chi connectivity index (χ3n) is 2.43. The van der Waals surface area contributed by atoms with Crippen molar-refractivity contribution in [1.29, 1.82) is 0 Å². The summed E-state index contributed by atoms with van der Waals surface area (Å²) in [7, 11) is 0. The number of rotatable bonds is 4. The Labute approximate surface area is 90.3 Å². The Morgan fingerprint density at radius 1 is 1.33 bits per heavy atom. The number of hydrogen-bond donors (Lipinski definition) is 0. The van der Waals surface area contributed by atoms with Gasteiger partial charge >= 0.3 is 0 Å². The van der Waals surface area contributed by atoms with Gasteiger partial charge in [0.15, 0.2) is 5.89 Å². The number of carbonyl (C=O) groups excluding carboxylic acids is 1. The predicted molar refractivity (Wildman–Crippen MR) is 57.6 cm³/mol. The summed E-state index contributed by atoms with van der Waals surface area (Å²) in [6, 6.07) is 0. The van der Waals surface area contributed by atoms with Crippen LogP contribution in [0, 0.1) is 13.8 Å². The molecule has 4 heteroatoms. The van der Waals surface area contributed by atoms with Crippen molar-refractivity contribution in [2.24, 2.45) is 0 Å². The van der Waals surface area contributed by atoms with Crippen LogP contribution in [-0.2, 0) is 11.2 Å².